The number of hydrogen-bond acceptors (Lipinski definition) is 5. The van der Waals surface area contributed by atoms with Gasteiger partial charge in [0.25, 0.3) is 0 Å². The van der Waals surface area contributed by atoms with Crippen LogP contribution in [0.2, 0.25) is 0 Å². The van der Waals surface area contributed by atoms with Gasteiger partial charge in [-0.05, 0) is 0 Å². The van der Waals surface area contributed by atoms with Crippen LogP contribution < -0.4 is 4.18 Å². The minimum Gasteiger partial charge on any atom is -0.374 e. The maximum atomic E-state index is 11.8. The monoisotopic (exact) mass is 228 g/mol. The lowest BCUT2D eigenvalue weighted by molar-refractivity contribution is -0.0500. The van der Waals surface area contributed by atoms with E-state index in [-0.39, 0.29) is 0 Å². The minimum absolute atomic E-state index is 0.544. The summed E-state index contributed by atoms with van der Waals surface area (Å²) in [6.45, 7) is 0. The molecule has 78 valence electrons. The number of halogens is 3. The Labute approximate surface area is 76.6 Å². The fraction of sp³-hybridized carbons (Fsp3) is 0.200. The summed E-state index contributed by atoms with van der Waals surface area (Å²) in [5.74, 6) is -0.544. The first-order valence-electron chi connectivity index (χ1n) is 3.10. The van der Waals surface area contributed by atoms with Gasteiger partial charge in [-0.3, -0.25) is 0 Å². The molecule has 0 aliphatic carbocycles. The van der Waals surface area contributed by atoms with Crippen LogP contribution in [0, 0.1) is 0 Å². The Hall–Kier alpha value is -1.38. The van der Waals surface area contributed by atoms with Crippen LogP contribution >= 0.6 is 0 Å². The van der Waals surface area contributed by atoms with Gasteiger partial charge in [-0.2, -0.15) is 31.8 Å². The maximum absolute atomic E-state index is 11.8. The molecule has 9 heteroatoms. The Kier molecular flexibility index (Phi) is 2.60. The zero-order valence-corrected chi connectivity index (χ0v) is 7.21. The van der Waals surface area contributed by atoms with E-state index in [1.165, 1.54) is 0 Å². The molecular formula is C5H3F3N2O3S. The normalized spacial score (nSPS) is 12.5. The molecule has 0 amide bonds. The van der Waals surface area contributed by atoms with E-state index < -0.39 is 21.4 Å². The van der Waals surface area contributed by atoms with Gasteiger partial charge in [0.1, 0.15) is 0 Å². The SMILES string of the molecule is O=S(=O)(Oc1ccnnc1)C(F)(F)F. The van der Waals surface area contributed by atoms with Gasteiger partial charge in [-0.15, -0.1) is 0 Å². The van der Waals surface area contributed by atoms with Crippen molar-refractivity contribution in [1.82, 2.24) is 10.2 Å². The maximum Gasteiger partial charge on any atom is 0.534 e. The lowest BCUT2D eigenvalue weighted by atomic mass is 10.5. The second kappa shape index (κ2) is 3.40. The average Bonchev–Trinajstić information content (AvgIpc) is 2.03. The predicted molar refractivity (Wildman–Crippen MR) is 37.6 cm³/mol. The summed E-state index contributed by atoms with van der Waals surface area (Å²) >= 11 is 0. The molecule has 0 saturated carbocycles. The fourth-order valence-electron chi connectivity index (χ4n) is 0.502. The molecule has 0 unspecified atom stereocenters. The molecule has 0 atom stereocenters. The molecule has 1 heterocycles. The summed E-state index contributed by atoms with van der Waals surface area (Å²) in [7, 11) is -5.62. The molecule has 1 aromatic rings. The molecule has 0 aliphatic heterocycles. The van der Waals surface area contributed by atoms with Gasteiger partial charge in [-0.25, -0.2) is 0 Å². The molecule has 5 nitrogen and oxygen atoms in total. The second-order valence-corrected chi connectivity index (χ2v) is 3.60. The van der Waals surface area contributed by atoms with Crippen LogP contribution in [0.15, 0.2) is 18.5 Å². The van der Waals surface area contributed by atoms with E-state index >= 15 is 0 Å². The van der Waals surface area contributed by atoms with Crippen molar-refractivity contribution in [3.05, 3.63) is 18.5 Å². The largest absolute Gasteiger partial charge is 0.534 e. The van der Waals surface area contributed by atoms with Crippen molar-refractivity contribution in [2.45, 2.75) is 5.51 Å². The molecule has 0 radical (unpaired) electrons. The highest BCUT2D eigenvalue weighted by molar-refractivity contribution is 7.87. The van der Waals surface area contributed by atoms with E-state index in [2.05, 4.69) is 14.4 Å². The molecule has 1 aromatic heterocycles. The summed E-state index contributed by atoms with van der Waals surface area (Å²) < 4.78 is 59.9. The summed E-state index contributed by atoms with van der Waals surface area (Å²) in [5, 5.41) is 6.38. The smallest absolute Gasteiger partial charge is 0.374 e. The van der Waals surface area contributed by atoms with Crippen LogP contribution in [0.4, 0.5) is 13.2 Å². The average molecular weight is 228 g/mol. The lowest BCUT2D eigenvalue weighted by Crippen LogP contribution is -2.28. The first-order valence-corrected chi connectivity index (χ1v) is 4.51. The zero-order chi connectivity index (χ0) is 10.8. The van der Waals surface area contributed by atoms with Gasteiger partial charge in [0.2, 0.25) is 0 Å². The van der Waals surface area contributed by atoms with Crippen molar-refractivity contribution >= 4 is 10.1 Å². The predicted octanol–water partition coefficient (Wildman–Crippen LogP) is 0.705. The third kappa shape index (κ3) is 2.31. The van der Waals surface area contributed by atoms with E-state index in [0.717, 1.165) is 18.5 Å². The Morgan fingerprint density at radius 3 is 2.36 bits per heavy atom. The number of nitrogens with zero attached hydrogens (tertiary/aromatic N) is 2. The van der Waals surface area contributed by atoms with Crippen molar-refractivity contribution in [1.29, 1.82) is 0 Å². The Balaban J connectivity index is 2.91. The van der Waals surface area contributed by atoms with Crippen molar-refractivity contribution in [2.75, 3.05) is 0 Å². The van der Waals surface area contributed by atoms with Gasteiger partial charge in [-0.1, -0.05) is 0 Å². The van der Waals surface area contributed by atoms with Gasteiger partial charge in [0, 0.05) is 6.07 Å². The molecule has 0 bridgehead atoms. The molecule has 0 spiro atoms. The number of hydrogen-bond donors (Lipinski definition) is 0. The second-order valence-electron chi connectivity index (χ2n) is 2.06. The molecule has 0 aromatic carbocycles. The molecule has 0 saturated heterocycles. The molecule has 0 fully saturated rings. The van der Waals surface area contributed by atoms with E-state index in [0.29, 0.717) is 0 Å². The highest BCUT2D eigenvalue weighted by Crippen LogP contribution is 2.25. The van der Waals surface area contributed by atoms with Crippen molar-refractivity contribution in [3.63, 3.8) is 0 Å². The third-order valence-corrected chi connectivity index (χ3v) is 2.03. The van der Waals surface area contributed by atoms with Crippen molar-refractivity contribution in [2.24, 2.45) is 0 Å². The summed E-state index contributed by atoms with van der Waals surface area (Å²) in [6, 6.07) is 0.941. The quantitative estimate of drug-likeness (QED) is 0.550. The standard InChI is InChI=1S/C5H3F3N2O3S/c6-5(7,8)14(11,12)13-4-1-2-9-10-3-4/h1-3H. The summed E-state index contributed by atoms with van der Waals surface area (Å²) in [4.78, 5) is 0. The molecule has 14 heavy (non-hydrogen) atoms. The van der Waals surface area contributed by atoms with Crippen LogP contribution in [0.1, 0.15) is 0 Å². The number of aromatic nitrogens is 2. The van der Waals surface area contributed by atoms with Gasteiger partial charge < -0.3 is 4.18 Å². The Morgan fingerprint density at radius 2 is 1.93 bits per heavy atom. The Bertz CT molecular complexity index is 402. The van der Waals surface area contributed by atoms with E-state index in [1.807, 2.05) is 0 Å². The van der Waals surface area contributed by atoms with E-state index in [4.69, 9.17) is 0 Å². The number of alkyl halides is 3. The third-order valence-electron chi connectivity index (χ3n) is 1.05. The summed E-state index contributed by atoms with van der Waals surface area (Å²) in [5.41, 5.74) is -5.45. The molecule has 0 N–H and O–H groups in total. The van der Waals surface area contributed by atoms with Crippen LogP contribution in [-0.2, 0) is 10.1 Å². The van der Waals surface area contributed by atoms with Crippen molar-refractivity contribution in [3.8, 4) is 5.75 Å². The zero-order valence-electron chi connectivity index (χ0n) is 6.39. The van der Waals surface area contributed by atoms with Crippen LogP contribution in [0.5, 0.6) is 5.75 Å². The first-order chi connectivity index (χ1) is 6.33. The van der Waals surface area contributed by atoms with Crippen LogP contribution in [0.3, 0.4) is 0 Å². The van der Waals surface area contributed by atoms with Crippen LogP contribution in [-0.4, -0.2) is 24.1 Å². The minimum atomic E-state index is -5.62. The van der Waals surface area contributed by atoms with Crippen molar-refractivity contribution < 1.29 is 25.8 Å². The molecular weight excluding hydrogens is 225 g/mol. The van der Waals surface area contributed by atoms with Crippen LogP contribution in [0.25, 0.3) is 0 Å². The highest BCUT2D eigenvalue weighted by Gasteiger charge is 2.48. The highest BCUT2D eigenvalue weighted by atomic mass is 32.2. The lowest BCUT2D eigenvalue weighted by Gasteiger charge is -2.07. The van der Waals surface area contributed by atoms with Gasteiger partial charge in [0.05, 0.1) is 12.4 Å². The Morgan fingerprint density at radius 1 is 1.29 bits per heavy atom. The first kappa shape index (κ1) is 10.7. The van der Waals surface area contributed by atoms with E-state index in [9.17, 15) is 21.6 Å². The molecule has 0 aliphatic rings. The number of rotatable bonds is 2. The molecule has 1 rings (SSSR count). The topological polar surface area (TPSA) is 69.2 Å². The van der Waals surface area contributed by atoms with Gasteiger partial charge >= 0.3 is 15.6 Å². The fourth-order valence-corrected chi connectivity index (χ4v) is 0.948. The summed E-state index contributed by atoms with van der Waals surface area (Å²) in [6.07, 6.45) is 1.75. The van der Waals surface area contributed by atoms with Gasteiger partial charge in [0.15, 0.2) is 5.75 Å². The van der Waals surface area contributed by atoms with E-state index in [1.54, 1.807) is 0 Å².